The molecule has 4 nitrogen and oxygen atoms in total. The number of esters is 1. The summed E-state index contributed by atoms with van der Waals surface area (Å²) >= 11 is 0. The second-order valence-corrected chi connectivity index (χ2v) is 18.7. The van der Waals surface area contributed by atoms with Crippen molar-refractivity contribution in [3.63, 3.8) is 0 Å². The lowest BCUT2D eigenvalue weighted by Crippen LogP contribution is -2.05. The summed E-state index contributed by atoms with van der Waals surface area (Å²) in [5.74, 6) is -0.641. The Morgan fingerprint density at radius 2 is 0.590 bits per heavy atom. The van der Waals surface area contributed by atoms with Gasteiger partial charge in [0.25, 0.3) is 0 Å². The number of unbranched alkanes of at least 4 members (excludes halogenated alkanes) is 40. The third-order valence-corrected chi connectivity index (χ3v) is 12.3. The van der Waals surface area contributed by atoms with E-state index in [1.165, 1.54) is 250 Å². The molecule has 4 heteroatoms. The van der Waals surface area contributed by atoms with E-state index in [0.717, 1.165) is 38.5 Å². The first kappa shape index (κ1) is 61.5. The molecule has 0 aliphatic rings. The Labute approximate surface area is 383 Å². The van der Waals surface area contributed by atoms with E-state index in [9.17, 15) is 9.59 Å². The van der Waals surface area contributed by atoms with Gasteiger partial charge in [-0.15, -0.1) is 0 Å². The molecular formula is C57H110O4. The molecule has 362 valence electrons. The van der Waals surface area contributed by atoms with E-state index in [1.54, 1.807) is 0 Å². The Morgan fingerprint density at radius 1 is 0.328 bits per heavy atom. The topological polar surface area (TPSA) is 63.6 Å². The zero-order chi connectivity index (χ0) is 44.6. The molecule has 0 rings (SSSR count). The Kier molecular flexibility index (Phi) is 58.9. The van der Waals surface area contributed by atoms with Crippen LogP contribution < -0.4 is 0 Å². The molecular weight excluding hydrogens is 749 g/mol. The Hall–Kier alpha value is -1.58. The molecule has 0 fully saturated rings. The number of allylic oxidation sites excluding steroid dienone is 4. The SMILES string of the molecule is CCCCC/C=C\C/C=C\CCCCCCCC(=O)OCCCCCCCCCCCCCCCCCCC.CCCCCCCCCCCCCCCCCCCC(=O)O. The molecule has 1 N–H and O–H groups in total. The number of hydrogen-bond acceptors (Lipinski definition) is 3. The van der Waals surface area contributed by atoms with Crippen LogP contribution in [0, 0.1) is 0 Å². The Balaban J connectivity index is 0. The van der Waals surface area contributed by atoms with Crippen molar-refractivity contribution < 1.29 is 19.4 Å². The molecule has 0 bridgehead atoms. The van der Waals surface area contributed by atoms with E-state index >= 15 is 0 Å². The van der Waals surface area contributed by atoms with Gasteiger partial charge in [-0.1, -0.05) is 283 Å². The summed E-state index contributed by atoms with van der Waals surface area (Å²) < 4.78 is 5.43. The summed E-state index contributed by atoms with van der Waals surface area (Å²) in [4.78, 5) is 22.3. The second-order valence-electron chi connectivity index (χ2n) is 18.7. The molecule has 0 heterocycles. The van der Waals surface area contributed by atoms with Crippen molar-refractivity contribution in [2.45, 2.75) is 323 Å². The van der Waals surface area contributed by atoms with Gasteiger partial charge in [-0.25, -0.2) is 0 Å². The number of carboxylic acids is 1. The molecule has 0 aromatic heterocycles. The standard InChI is InChI=1S/C37H70O2.C20H40O2/c1-3-5-7-9-11-13-15-17-19-20-22-24-26-28-30-32-34-36-39-37(38)35-33-31-29-27-25-23-21-18-16-14-12-10-8-6-4-2;1-2-3-4-5-6-7-8-9-10-11-12-13-14-15-16-17-18-19-20(21)22/h12,14,18,21H,3-11,13,15-17,19-20,22-36H2,1-2H3;2-19H2,1H3,(H,21,22)/b14-12-,21-18-;. The van der Waals surface area contributed by atoms with Gasteiger partial charge in [-0.05, 0) is 51.4 Å². The monoisotopic (exact) mass is 859 g/mol. The van der Waals surface area contributed by atoms with Crippen LogP contribution in [-0.2, 0) is 14.3 Å². The highest BCUT2D eigenvalue weighted by molar-refractivity contribution is 5.69. The van der Waals surface area contributed by atoms with E-state index in [0.29, 0.717) is 19.4 Å². The number of hydrogen-bond donors (Lipinski definition) is 1. The maximum atomic E-state index is 11.9. The minimum Gasteiger partial charge on any atom is -0.481 e. The second kappa shape index (κ2) is 58.4. The molecule has 0 atom stereocenters. The van der Waals surface area contributed by atoms with Gasteiger partial charge in [-0.3, -0.25) is 9.59 Å². The average Bonchev–Trinajstić information content (AvgIpc) is 3.25. The lowest BCUT2D eigenvalue weighted by atomic mass is 10.0. The summed E-state index contributed by atoms with van der Waals surface area (Å²) in [5.41, 5.74) is 0. The van der Waals surface area contributed by atoms with E-state index < -0.39 is 5.97 Å². The zero-order valence-corrected chi connectivity index (χ0v) is 41.9. The first-order valence-electron chi connectivity index (χ1n) is 27.8. The van der Waals surface area contributed by atoms with Crippen LogP contribution >= 0.6 is 0 Å². The number of carboxylic acid groups (broad SMARTS) is 1. The molecule has 0 amide bonds. The van der Waals surface area contributed by atoms with Gasteiger partial charge in [0.15, 0.2) is 0 Å². The minimum absolute atomic E-state index is 0.0113. The smallest absolute Gasteiger partial charge is 0.305 e. The summed E-state index contributed by atoms with van der Waals surface area (Å²) in [7, 11) is 0. The highest BCUT2D eigenvalue weighted by atomic mass is 16.5. The van der Waals surface area contributed by atoms with Gasteiger partial charge < -0.3 is 9.84 Å². The van der Waals surface area contributed by atoms with E-state index in [1.807, 2.05) is 0 Å². The number of rotatable bonds is 50. The van der Waals surface area contributed by atoms with Crippen molar-refractivity contribution in [2.24, 2.45) is 0 Å². The molecule has 0 radical (unpaired) electrons. The third-order valence-electron chi connectivity index (χ3n) is 12.3. The minimum atomic E-state index is -0.652. The number of carbonyl (C=O) groups is 2. The third kappa shape index (κ3) is 62.8. The summed E-state index contributed by atoms with van der Waals surface area (Å²) in [6.07, 6.45) is 69.8. The quantitative estimate of drug-likeness (QED) is 0.0376. The van der Waals surface area contributed by atoms with E-state index in [-0.39, 0.29) is 5.97 Å². The molecule has 0 aromatic carbocycles. The molecule has 0 aliphatic carbocycles. The van der Waals surface area contributed by atoms with Crippen LogP contribution in [0.3, 0.4) is 0 Å². The van der Waals surface area contributed by atoms with Crippen molar-refractivity contribution in [1.82, 2.24) is 0 Å². The molecule has 0 aromatic rings. The van der Waals surface area contributed by atoms with Gasteiger partial charge in [0, 0.05) is 12.8 Å². The molecule has 61 heavy (non-hydrogen) atoms. The Bertz CT molecular complexity index is 879. The predicted molar refractivity (Wildman–Crippen MR) is 271 cm³/mol. The first-order chi connectivity index (χ1) is 30.1. The van der Waals surface area contributed by atoms with Crippen molar-refractivity contribution in [2.75, 3.05) is 6.61 Å². The molecule has 0 saturated carbocycles. The van der Waals surface area contributed by atoms with Gasteiger partial charge in [-0.2, -0.15) is 0 Å². The highest BCUT2D eigenvalue weighted by Crippen LogP contribution is 2.16. The van der Waals surface area contributed by atoms with Gasteiger partial charge in [0.1, 0.15) is 0 Å². The molecule has 0 aliphatic heterocycles. The van der Waals surface area contributed by atoms with Crippen LogP contribution in [0.1, 0.15) is 323 Å². The normalized spacial score (nSPS) is 11.5. The molecule has 0 unspecified atom stereocenters. The van der Waals surface area contributed by atoms with Crippen molar-refractivity contribution in [1.29, 1.82) is 0 Å². The molecule has 0 saturated heterocycles. The van der Waals surface area contributed by atoms with Crippen LogP contribution in [0.4, 0.5) is 0 Å². The van der Waals surface area contributed by atoms with Crippen LogP contribution in [0.25, 0.3) is 0 Å². The first-order valence-corrected chi connectivity index (χ1v) is 27.8. The van der Waals surface area contributed by atoms with Crippen molar-refractivity contribution >= 4 is 11.9 Å². The highest BCUT2D eigenvalue weighted by Gasteiger charge is 2.03. The number of aliphatic carboxylic acids is 1. The average molecular weight is 860 g/mol. The van der Waals surface area contributed by atoms with Crippen molar-refractivity contribution in [3.8, 4) is 0 Å². The lowest BCUT2D eigenvalue weighted by Gasteiger charge is -2.05. The summed E-state index contributed by atoms with van der Waals surface area (Å²) in [6, 6.07) is 0. The number of ether oxygens (including phenoxy) is 1. The van der Waals surface area contributed by atoms with E-state index in [4.69, 9.17) is 9.84 Å². The largest absolute Gasteiger partial charge is 0.481 e. The fraction of sp³-hybridized carbons (Fsp3) is 0.895. The van der Waals surface area contributed by atoms with Crippen LogP contribution in [0.5, 0.6) is 0 Å². The fourth-order valence-electron chi connectivity index (χ4n) is 8.17. The Morgan fingerprint density at radius 3 is 0.934 bits per heavy atom. The maximum Gasteiger partial charge on any atom is 0.305 e. The maximum absolute atomic E-state index is 11.9. The van der Waals surface area contributed by atoms with Crippen LogP contribution in [-0.4, -0.2) is 23.7 Å². The van der Waals surface area contributed by atoms with Gasteiger partial charge in [0.2, 0.25) is 0 Å². The van der Waals surface area contributed by atoms with Crippen molar-refractivity contribution in [3.05, 3.63) is 24.3 Å². The summed E-state index contributed by atoms with van der Waals surface area (Å²) in [5, 5.41) is 8.54. The van der Waals surface area contributed by atoms with E-state index in [2.05, 4.69) is 45.1 Å². The fourth-order valence-corrected chi connectivity index (χ4v) is 8.17. The lowest BCUT2D eigenvalue weighted by molar-refractivity contribution is -0.144. The summed E-state index contributed by atoms with van der Waals surface area (Å²) in [6.45, 7) is 7.45. The van der Waals surface area contributed by atoms with Gasteiger partial charge in [0.05, 0.1) is 6.61 Å². The van der Waals surface area contributed by atoms with Crippen LogP contribution in [0.15, 0.2) is 24.3 Å². The van der Waals surface area contributed by atoms with Gasteiger partial charge >= 0.3 is 11.9 Å². The predicted octanol–water partition coefficient (Wildman–Crippen LogP) is 20.1. The number of carbonyl (C=O) groups excluding carboxylic acids is 1. The molecule has 0 spiro atoms. The zero-order valence-electron chi connectivity index (χ0n) is 41.9. The van der Waals surface area contributed by atoms with Crippen LogP contribution in [0.2, 0.25) is 0 Å².